The van der Waals surface area contributed by atoms with Crippen molar-refractivity contribution >= 4 is 0 Å². The lowest BCUT2D eigenvalue weighted by Crippen LogP contribution is -2.25. The molecule has 4 heteroatoms. The number of hydrogen-bond acceptors (Lipinski definition) is 3. The van der Waals surface area contributed by atoms with Crippen molar-refractivity contribution in [2.75, 3.05) is 19.7 Å². The summed E-state index contributed by atoms with van der Waals surface area (Å²) in [4.78, 5) is 2.21. The number of nitrogens with two attached hydrogens (primary N) is 1. The second-order valence-corrected chi connectivity index (χ2v) is 4.06. The first kappa shape index (κ1) is 14.1. The van der Waals surface area contributed by atoms with Gasteiger partial charge in [-0.15, -0.1) is 0 Å². The molecule has 0 saturated heterocycles. The number of aliphatic hydroxyl groups is 1. The van der Waals surface area contributed by atoms with Crippen molar-refractivity contribution in [3.05, 3.63) is 35.1 Å². The Hall–Kier alpha value is -0.970. The van der Waals surface area contributed by atoms with E-state index < -0.39 is 0 Å². The van der Waals surface area contributed by atoms with Crippen LogP contribution in [-0.2, 0) is 13.1 Å². The van der Waals surface area contributed by atoms with Gasteiger partial charge in [-0.3, -0.25) is 4.90 Å². The van der Waals surface area contributed by atoms with E-state index in [-0.39, 0.29) is 12.4 Å². The van der Waals surface area contributed by atoms with Gasteiger partial charge in [0.2, 0.25) is 0 Å². The first-order chi connectivity index (χ1) is 8.21. The molecule has 1 aromatic carbocycles. The zero-order valence-corrected chi connectivity index (χ0v) is 10.3. The smallest absolute Gasteiger partial charge is 0.123 e. The molecule has 1 rings (SSSR count). The van der Waals surface area contributed by atoms with Gasteiger partial charge >= 0.3 is 0 Å². The van der Waals surface area contributed by atoms with Crippen molar-refractivity contribution in [3.8, 4) is 0 Å². The van der Waals surface area contributed by atoms with E-state index in [1.807, 2.05) is 0 Å². The summed E-state index contributed by atoms with van der Waals surface area (Å²) in [5.41, 5.74) is 7.53. The fourth-order valence-electron chi connectivity index (χ4n) is 1.82. The zero-order chi connectivity index (χ0) is 12.7. The van der Waals surface area contributed by atoms with Gasteiger partial charge in [-0.05, 0) is 36.2 Å². The summed E-state index contributed by atoms with van der Waals surface area (Å²) >= 11 is 0. The monoisotopic (exact) mass is 240 g/mol. The second-order valence-electron chi connectivity index (χ2n) is 4.06. The maximum absolute atomic E-state index is 13.1. The van der Waals surface area contributed by atoms with E-state index in [0.29, 0.717) is 6.54 Å². The van der Waals surface area contributed by atoms with Crippen molar-refractivity contribution in [2.24, 2.45) is 5.73 Å². The van der Waals surface area contributed by atoms with E-state index in [2.05, 4.69) is 11.8 Å². The Morgan fingerprint density at radius 1 is 1.35 bits per heavy atom. The fourth-order valence-corrected chi connectivity index (χ4v) is 1.82. The number of hydrogen-bond donors (Lipinski definition) is 2. The molecule has 0 aromatic heterocycles. The van der Waals surface area contributed by atoms with Crippen LogP contribution in [0.25, 0.3) is 0 Å². The second kappa shape index (κ2) is 7.37. The molecule has 3 nitrogen and oxygen atoms in total. The van der Waals surface area contributed by atoms with E-state index >= 15 is 0 Å². The third-order valence-corrected chi connectivity index (χ3v) is 2.86. The predicted octanol–water partition coefficient (Wildman–Crippen LogP) is 1.49. The highest BCUT2D eigenvalue weighted by atomic mass is 19.1. The number of aliphatic hydroxyl groups excluding tert-OH is 1. The third kappa shape index (κ3) is 4.42. The van der Waals surface area contributed by atoms with Crippen LogP contribution in [0.2, 0.25) is 0 Å². The minimum absolute atomic E-state index is 0.198. The van der Waals surface area contributed by atoms with E-state index in [4.69, 9.17) is 10.8 Å². The highest BCUT2D eigenvalue weighted by Gasteiger charge is 2.07. The van der Waals surface area contributed by atoms with Crippen molar-refractivity contribution < 1.29 is 9.50 Å². The molecule has 0 heterocycles. The molecule has 96 valence electrons. The molecule has 3 N–H and O–H groups in total. The summed E-state index contributed by atoms with van der Waals surface area (Å²) in [6, 6.07) is 4.75. The van der Waals surface area contributed by atoms with Crippen LogP contribution in [0.4, 0.5) is 4.39 Å². The van der Waals surface area contributed by atoms with Gasteiger partial charge in [0.05, 0.1) is 0 Å². The molecule has 0 bridgehead atoms. The number of halogens is 1. The first-order valence-electron chi connectivity index (χ1n) is 6.01. The molecule has 0 radical (unpaired) electrons. The molecule has 0 amide bonds. The van der Waals surface area contributed by atoms with Crippen LogP contribution in [0, 0.1) is 5.82 Å². The average molecular weight is 240 g/mol. The molecule has 17 heavy (non-hydrogen) atoms. The molecule has 0 aliphatic heterocycles. The van der Waals surface area contributed by atoms with Crippen LogP contribution in [-0.4, -0.2) is 29.7 Å². The number of benzene rings is 1. The maximum atomic E-state index is 13.1. The van der Waals surface area contributed by atoms with Crippen LogP contribution in [0.15, 0.2) is 18.2 Å². The van der Waals surface area contributed by atoms with Gasteiger partial charge in [0.25, 0.3) is 0 Å². The van der Waals surface area contributed by atoms with Gasteiger partial charge in [0.15, 0.2) is 0 Å². The molecule has 1 aromatic rings. The topological polar surface area (TPSA) is 49.5 Å². The maximum Gasteiger partial charge on any atom is 0.123 e. The summed E-state index contributed by atoms with van der Waals surface area (Å²) < 4.78 is 13.1. The third-order valence-electron chi connectivity index (χ3n) is 2.86. The molecule has 0 spiro atoms. The van der Waals surface area contributed by atoms with Crippen LogP contribution in [0.5, 0.6) is 0 Å². The lowest BCUT2D eigenvalue weighted by molar-refractivity contribution is 0.225. The summed E-state index contributed by atoms with van der Waals surface area (Å²) in [6.45, 7) is 5.12. The summed E-state index contributed by atoms with van der Waals surface area (Å²) in [7, 11) is 0. The first-order valence-corrected chi connectivity index (χ1v) is 6.01. The van der Waals surface area contributed by atoms with Crippen molar-refractivity contribution in [1.82, 2.24) is 4.90 Å². The quantitative estimate of drug-likeness (QED) is 0.759. The number of rotatable bonds is 7. The van der Waals surface area contributed by atoms with E-state index in [0.717, 1.165) is 37.2 Å². The molecule has 0 atom stereocenters. The predicted molar refractivity (Wildman–Crippen MR) is 66.9 cm³/mol. The Morgan fingerprint density at radius 2 is 2.12 bits per heavy atom. The molecule has 0 aliphatic rings. The van der Waals surface area contributed by atoms with Crippen molar-refractivity contribution in [3.63, 3.8) is 0 Å². The van der Waals surface area contributed by atoms with Gasteiger partial charge in [0.1, 0.15) is 5.82 Å². The Labute approximate surface area is 102 Å². The summed E-state index contributed by atoms with van der Waals surface area (Å²) in [5, 5.41) is 8.82. The Kier molecular flexibility index (Phi) is 6.11. The Balaban J connectivity index is 2.71. The SMILES string of the molecule is CCN(CCCO)Cc1ccc(F)cc1CN. The molecule has 0 aliphatic carbocycles. The van der Waals surface area contributed by atoms with Crippen molar-refractivity contribution in [1.29, 1.82) is 0 Å². The largest absolute Gasteiger partial charge is 0.396 e. The van der Waals surface area contributed by atoms with Crippen LogP contribution in [0.3, 0.4) is 0 Å². The Morgan fingerprint density at radius 3 is 2.71 bits per heavy atom. The van der Waals surface area contributed by atoms with Crippen LogP contribution < -0.4 is 5.73 Å². The van der Waals surface area contributed by atoms with E-state index in [9.17, 15) is 4.39 Å². The molecule has 0 saturated carbocycles. The lowest BCUT2D eigenvalue weighted by atomic mass is 10.1. The molecule has 0 fully saturated rings. The van der Waals surface area contributed by atoms with Gasteiger partial charge in [0, 0.05) is 26.2 Å². The summed E-state index contributed by atoms with van der Waals surface area (Å²) in [6.07, 6.45) is 0.757. The number of nitrogens with zero attached hydrogens (tertiary/aromatic N) is 1. The highest BCUT2D eigenvalue weighted by molar-refractivity contribution is 5.27. The molecule has 0 unspecified atom stereocenters. The van der Waals surface area contributed by atoms with Gasteiger partial charge in [-0.2, -0.15) is 0 Å². The van der Waals surface area contributed by atoms with Gasteiger partial charge < -0.3 is 10.8 Å². The lowest BCUT2D eigenvalue weighted by Gasteiger charge is -2.21. The molecular formula is C13H21FN2O. The normalized spacial score (nSPS) is 11.1. The minimum Gasteiger partial charge on any atom is -0.396 e. The minimum atomic E-state index is -0.243. The Bertz CT molecular complexity index is 344. The van der Waals surface area contributed by atoms with Gasteiger partial charge in [-0.25, -0.2) is 4.39 Å². The summed E-state index contributed by atoms with van der Waals surface area (Å²) in [5.74, 6) is -0.243. The van der Waals surface area contributed by atoms with E-state index in [1.54, 1.807) is 6.07 Å². The molecular weight excluding hydrogens is 219 g/mol. The van der Waals surface area contributed by atoms with Crippen molar-refractivity contribution in [2.45, 2.75) is 26.4 Å². The van der Waals surface area contributed by atoms with Crippen LogP contribution >= 0.6 is 0 Å². The van der Waals surface area contributed by atoms with Gasteiger partial charge in [-0.1, -0.05) is 13.0 Å². The fraction of sp³-hybridized carbons (Fsp3) is 0.538. The zero-order valence-electron chi connectivity index (χ0n) is 10.3. The highest BCUT2D eigenvalue weighted by Crippen LogP contribution is 2.13. The van der Waals surface area contributed by atoms with Crippen LogP contribution in [0.1, 0.15) is 24.5 Å². The van der Waals surface area contributed by atoms with E-state index in [1.165, 1.54) is 12.1 Å². The standard InChI is InChI=1S/C13H21FN2O/c1-2-16(6-3-7-17)10-11-4-5-13(14)8-12(11)9-15/h4-5,8,17H,2-3,6-7,9-10,15H2,1H3. The average Bonchev–Trinajstić information content (AvgIpc) is 2.35.